The van der Waals surface area contributed by atoms with E-state index in [0.717, 1.165) is 18.6 Å². The van der Waals surface area contributed by atoms with Crippen molar-refractivity contribution in [1.29, 1.82) is 5.26 Å². The lowest BCUT2D eigenvalue weighted by molar-refractivity contribution is 0.552. The van der Waals surface area contributed by atoms with Gasteiger partial charge in [0.15, 0.2) is 0 Å². The van der Waals surface area contributed by atoms with Gasteiger partial charge in [-0.15, -0.1) is 0 Å². The first-order valence-corrected chi connectivity index (χ1v) is 6.36. The molecule has 0 unspecified atom stereocenters. The Balaban J connectivity index is 2.11. The molecule has 0 fully saturated rings. The molecule has 1 heterocycles. The molecule has 3 nitrogen and oxygen atoms in total. The lowest BCUT2D eigenvalue weighted by Gasteiger charge is -2.08. The Morgan fingerprint density at radius 3 is 2.89 bits per heavy atom. The van der Waals surface area contributed by atoms with Crippen LogP contribution in [0.2, 0.25) is 0 Å². The van der Waals surface area contributed by atoms with E-state index in [1.807, 2.05) is 10.8 Å². The Bertz CT molecular complexity index is 561. The van der Waals surface area contributed by atoms with Gasteiger partial charge in [-0.25, -0.2) is 0 Å². The molecule has 0 aliphatic carbocycles. The van der Waals surface area contributed by atoms with E-state index in [2.05, 4.69) is 49.5 Å². The van der Waals surface area contributed by atoms with Gasteiger partial charge in [0.2, 0.25) is 0 Å². The van der Waals surface area contributed by atoms with E-state index < -0.39 is 0 Å². The fourth-order valence-corrected chi connectivity index (χ4v) is 2.08. The van der Waals surface area contributed by atoms with Crippen LogP contribution >= 0.6 is 0 Å². The van der Waals surface area contributed by atoms with Crippen molar-refractivity contribution in [1.82, 2.24) is 9.88 Å². The molecule has 94 valence electrons. The van der Waals surface area contributed by atoms with E-state index in [-0.39, 0.29) is 0 Å². The van der Waals surface area contributed by atoms with Crippen molar-refractivity contribution in [3.05, 3.63) is 36.0 Å². The quantitative estimate of drug-likeness (QED) is 0.874. The minimum Gasteiger partial charge on any atom is -0.334 e. The third-order valence-corrected chi connectivity index (χ3v) is 2.96. The van der Waals surface area contributed by atoms with Gasteiger partial charge in [0.05, 0.1) is 6.07 Å². The third-order valence-electron chi connectivity index (χ3n) is 2.96. The fourth-order valence-electron chi connectivity index (χ4n) is 2.08. The van der Waals surface area contributed by atoms with Crippen LogP contribution in [-0.2, 0) is 13.1 Å². The van der Waals surface area contributed by atoms with Crippen LogP contribution < -0.4 is 5.32 Å². The average molecular weight is 241 g/mol. The zero-order valence-corrected chi connectivity index (χ0v) is 11.0. The summed E-state index contributed by atoms with van der Waals surface area (Å²) in [5, 5.41) is 13.4. The van der Waals surface area contributed by atoms with Crippen LogP contribution in [0.1, 0.15) is 19.4 Å². The maximum atomic E-state index is 8.74. The number of nitriles is 1. The van der Waals surface area contributed by atoms with Crippen molar-refractivity contribution in [2.75, 3.05) is 6.54 Å². The summed E-state index contributed by atoms with van der Waals surface area (Å²) in [7, 11) is 0. The first-order chi connectivity index (χ1) is 8.70. The molecule has 0 bridgehead atoms. The van der Waals surface area contributed by atoms with Crippen molar-refractivity contribution in [2.24, 2.45) is 5.92 Å². The lowest BCUT2D eigenvalue weighted by Crippen LogP contribution is -2.18. The molecule has 1 aromatic heterocycles. The largest absolute Gasteiger partial charge is 0.334 e. The summed E-state index contributed by atoms with van der Waals surface area (Å²) in [4.78, 5) is 0. The Labute approximate surface area is 108 Å². The molecule has 1 aromatic carbocycles. The molecule has 2 rings (SSSR count). The molecule has 18 heavy (non-hydrogen) atoms. The van der Waals surface area contributed by atoms with Crippen molar-refractivity contribution in [3.63, 3.8) is 0 Å². The number of hydrogen-bond donors (Lipinski definition) is 1. The minimum atomic E-state index is 0.411. The van der Waals surface area contributed by atoms with Gasteiger partial charge in [-0.3, -0.25) is 0 Å². The highest BCUT2D eigenvalue weighted by Crippen LogP contribution is 2.17. The number of hydrogen-bond acceptors (Lipinski definition) is 2. The Morgan fingerprint density at radius 2 is 2.17 bits per heavy atom. The van der Waals surface area contributed by atoms with Crippen molar-refractivity contribution < 1.29 is 0 Å². The van der Waals surface area contributed by atoms with E-state index in [4.69, 9.17) is 5.26 Å². The second-order valence-corrected chi connectivity index (χ2v) is 5.02. The third kappa shape index (κ3) is 2.91. The average Bonchev–Trinajstić information content (AvgIpc) is 2.72. The number of nitrogens with zero attached hydrogens (tertiary/aromatic N) is 2. The molecule has 3 heteroatoms. The zero-order chi connectivity index (χ0) is 13.0. The highest BCUT2D eigenvalue weighted by Gasteiger charge is 2.02. The van der Waals surface area contributed by atoms with Crippen LogP contribution in [0.15, 0.2) is 30.5 Å². The molecule has 0 saturated carbocycles. The highest BCUT2D eigenvalue weighted by molar-refractivity contribution is 5.80. The summed E-state index contributed by atoms with van der Waals surface area (Å²) in [5.41, 5.74) is 2.42. The topological polar surface area (TPSA) is 40.8 Å². The number of fused-ring (bicyclic) bond motifs is 1. The summed E-state index contributed by atoms with van der Waals surface area (Å²) >= 11 is 0. The predicted octanol–water partition coefficient (Wildman–Crippen LogP) is 2.91. The van der Waals surface area contributed by atoms with Gasteiger partial charge >= 0.3 is 0 Å². The number of benzene rings is 1. The van der Waals surface area contributed by atoms with Crippen molar-refractivity contribution in [3.8, 4) is 6.07 Å². The Kier molecular flexibility index (Phi) is 4.01. The minimum absolute atomic E-state index is 0.411. The molecule has 2 aromatic rings. The van der Waals surface area contributed by atoms with E-state index in [1.54, 1.807) is 0 Å². The van der Waals surface area contributed by atoms with Gasteiger partial charge in [0.1, 0.15) is 6.54 Å². The molecule has 1 N–H and O–H groups in total. The van der Waals surface area contributed by atoms with Crippen LogP contribution in [-0.4, -0.2) is 11.1 Å². The monoisotopic (exact) mass is 241 g/mol. The Morgan fingerprint density at radius 1 is 1.33 bits per heavy atom. The van der Waals surface area contributed by atoms with E-state index >= 15 is 0 Å². The van der Waals surface area contributed by atoms with Crippen LogP contribution in [0.3, 0.4) is 0 Å². The molecule has 0 aliphatic heterocycles. The zero-order valence-electron chi connectivity index (χ0n) is 11.0. The summed E-state index contributed by atoms with van der Waals surface area (Å²) in [6, 6.07) is 10.7. The number of rotatable bonds is 5. The van der Waals surface area contributed by atoms with E-state index in [1.165, 1.54) is 10.9 Å². The molecular formula is C15H19N3. The number of aromatic nitrogens is 1. The summed E-state index contributed by atoms with van der Waals surface area (Å²) in [6.45, 7) is 6.76. The van der Waals surface area contributed by atoms with E-state index in [9.17, 15) is 0 Å². The summed E-state index contributed by atoms with van der Waals surface area (Å²) in [5.74, 6) is 0.672. The molecule has 0 amide bonds. The standard InChI is InChI=1S/C15H19N3/c1-12(2)10-17-11-13-3-4-15-14(9-13)5-7-18(15)8-6-16/h3-5,7,9,12,17H,8,10-11H2,1-2H3. The maximum absolute atomic E-state index is 8.74. The van der Waals surface area contributed by atoms with Crippen LogP contribution in [0.4, 0.5) is 0 Å². The molecule has 0 radical (unpaired) electrons. The highest BCUT2D eigenvalue weighted by atomic mass is 14.9. The van der Waals surface area contributed by atoms with E-state index in [0.29, 0.717) is 12.5 Å². The lowest BCUT2D eigenvalue weighted by atomic mass is 10.1. The molecule has 0 aliphatic rings. The fraction of sp³-hybridized carbons (Fsp3) is 0.400. The number of nitrogens with one attached hydrogen (secondary N) is 1. The molecular weight excluding hydrogens is 222 g/mol. The maximum Gasteiger partial charge on any atom is 0.110 e. The van der Waals surface area contributed by atoms with Crippen LogP contribution in [0.25, 0.3) is 10.9 Å². The molecule has 0 atom stereocenters. The summed E-state index contributed by atoms with van der Waals surface area (Å²) in [6.07, 6.45) is 1.97. The molecule has 0 spiro atoms. The first kappa shape index (κ1) is 12.7. The first-order valence-electron chi connectivity index (χ1n) is 6.36. The predicted molar refractivity (Wildman–Crippen MR) is 74.1 cm³/mol. The SMILES string of the molecule is CC(C)CNCc1ccc2c(ccn2CC#N)c1. The van der Waals surface area contributed by atoms with Crippen molar-refractivity contribution >= 4 is 10.9 Å². The van der Waals surface area contributed by atoms with Crippen LogP contribution in [0.5, 0.6) is 0 Å². The van der Waals surface area contributed by atoms with Crippen molar-refractivity contribution in [2.45, 2.75) is 26.9 Å². The smallest absolute Gasteiger partial charge is 0.110 e. The van der Waals surface area contributed by atoms with Gasteiger partial charge in [-0.1, -0.05) is 19.9 Å². The van der Waals surface area contributed by atoms with Crippen LogP contribution in [0, 0.1) is 17.2 Å². The normalized spacial score (nSPS) is 11.0. The van der Waals surface area contributed by atoms with Gasteiger partial charge in [0, 0.05) is 18.3 Å². The molecule has 0 saturated heterocycles. The van der Waals surface area contributed by atoms with Gasteiger partial charge in [0.25, 0.3) is 0 Å². The summed E-state index contributed by atoms with van der Waals surface area (Å²) < 4.78 is 1.97. The Hall–Kier alpha value is -1.79. The second-order valence-electron chi connectivity index (χ2n) is 5.02. The second kappa shape index (κ2) is 5.70. The van der Waals surface area contributed by atoms with Gasteiger partial charge < -0.3 is 9.88 Å². The van der Waals surface area contributed by atoms with Gasteiger partial charge in [-0.2, -0.15) is 5.26 Å². The van der Waals surface area contributed by atoms with Gasteiger partial charge in [-0.05, 0) is 41.6 Å².